The number of rotatable bonds is 16. The normalized spacial score (nSPS) is 15.1. The monoisotopic (exact) mass is 819 g/mol. The Kier molecular flexibility index (Phi) is 15.4. The highest BCUT2D eigenvalue weighted by molar-refractivity contribution is 7.17. The smallest absolute Gasteiger partial charge is 0.407 e. The third-order valence-corrected chi connectivity index (χ3v) is 10.3. The third-order valence-electron chi connectivity index (χ3n) is 9.47. The van der Waals surface area contributed by atoms with Gasteiger partial charge in [0.25, 0.3) is 0 Å². The molecule has 0 bridgehead atoms. The summed E-state index contributed by atoms with van der Waals surface area (Å²) in [6.45, 7) is 3.54. The topological polar surface area (TPSA) is 217 Å². The third kappa shape index (κ3) is 10.5. The van der Waals surface area contributed by atoms with Crippen molar-refractivity contribution in [2.75, 3.05) is 53.6 Å². The number of ether oxygens (including phenoxy) is 4. The number of ketones is 2. The van der Waals surface area contributed by atoms with Crippen molar-refractivity contribution < 1.29 is 57.3 Å². The molecule has 0 spiro atoms. The summed E-state index contributed by atoms with van der Waals surface area (Å²) in [5, 5.41) is 4.68. The number of terminal acetylenes is 1. The zero-order valence-electron chi connectivity index (χ0n) is 32.8. The molecule has 1 aliphatic rings. The van der Waals surface area contributed by atoms with Gasteiger partial charge in [-0.3, -0.25) is 24.0 Å². The van der Waals surface area contributed by atoms with Crippen LogP contribution in [0, 0.1) is 18.3 Å². The fourth-order valence-electron chi connectivity index (χ4n) is 6.25. The molecule has 308 valence electrons. The van der Waals surface area contributed by atoms with Gasteiger partial charge in [0.1, 0.15) is 12.6 Å². The summed E-state index contributed by atoms with van der Waals surface area (Å²) in [4.78, 5) is 108. The van der Waals surface area contributed by atoms with E-state index in [1.54, 1.807) is 48.8 Å². The van der Waals surface area contributed by atoms with Gasteiger partial charge in [-0.25, -0.2) is 19.4 Å². The van der Waals surface area contributed by atoms with E-state index in [0.29, 0.717) is 52.7 Å². The Morgan fingerprint density at radius 1 is 1.00 bits per heavy atom. The van der Waals surface area contributed by atoms with Crippen LogP contribution in [0.2, 0.25) is 0 Å². The number of piperidine rings is 1. The molecule has 1 unspecified atom stereocenters. The van der Waals surface area contributed by atoms with Gasteiger partial charge >= 0.3 is 24.1 Å². The van der Waals surface area contributed by atoms with E-state index in [9.17, 15) is 38.4 Å². The second-order valence-electron chi connectivity index (χ2n) is 13.4. The van der Waals surface area contributed by atoms with Crippen LogP contribution in [0.3, 0.4) is 0 Å². The van der Waals surface area contributed by atoms with E-state index in [1.165, 1.54) is 37.2 Å². The van der Waals surface area contributed by atoms with Gasteiger partial charge < -0.3 is 39.4 Å². The van der Waals surface area contributed by atoms with Crippen molar-refractivity contribution in [3.05, 3.63) is 53.0 Å². The van der Waals surface area contributed by atoms with Gasteiger partial charge in [0.15, 0.2) is 24.5 Å². The summed E-state index contributed by atoms with van der Waals surface area (Å²) in [5.74, 6) is -1.91. The van der Waals surface area contributed by atoms with Gasteiger partial charge in [0.05, 0.1) is 35.9 Å². The van der Waals surface area contributed by atoms with Crippen molar-refractivity contribution >= 4 is 69.1 Å². The molecular formula is C40H45N5O12S. The van der Waals surface area contributed by atoms with E-state index in [0.717, 1.165) is 12.0 Å². The number of aromatic nitrogens is 1. The summed E-state index contributed by atoms with van der Waals surface area (Å²) < 4.78 is 20.3. The number of esters is 2. The van der Waals surface area contributed by atoms with Crippen molar-refractivity contribution in [2.24, 2.45) is 5.92 Å². The number of benzene rings is 2. The minimum Gasteiger partial charge on any atom is -0.457 e. The molecule has 0 saturated carbocycles. The number of methoxy groups -OCH3 is 2. The highest BCUT2D eigenvalue weighted by Crippen LogP contribution is 2.33. The largest absolute Gasteiger partial charge is 0.457 e. The number of nitrogens with zero attached hydrogens (tertiary/aromatic N) is 3. The fraction of sp³-hybridized carbons (Fsp3) is 0.425. The highest BCUT2D eigenvalue weighted by atomic mass is 32.1. The minimum absolute atomic E-state index is 0.0705. The number of likely N-dealkylation sites (tertiary alicyclic amines) is 1. The number of thiazole rings is 1. The average Bonchev–Trinajstić information content (AvgIpc) is 3.74. The summed E-state index contributed by atoms with van der Waals surface area (Å²) in [6.07, 6.45) is 5.60. The van der Waals surface area contributed by atoms with Gasteiger partial charge in [-0.2, -0.15) is 0 Å². The van der Waals surface area contributed by atoms with Crippen molar-refractivity contribution in [1.29, 1.82) is 0 Å². The fourth-order valence-corrected chi connectivity index (χ4v) is 7.10. The van der Waals surface area contributed by atoms with E-state index in [2.05, 4.69) is 31.0 Å². The van der Waals surface area contributed by atoms with Crippen molar-refractivity contribution in [2.45, 2.75) is 51.6 Å². The molecule has 17 nitrogen and oxygen atoms in total. The molecule has 3 aromatic rings. The first-order valence-electron chi connectivity index (χ1n) is 18.3. The van der Waals surface area contributed by atoms with Crippen LogP contribution < -0.4 is 10.6 Å². The first-order chi connectivity index (χ1) is 27.7. The lowest BCUT2D eigenvalue weighted by Crippen LogP contribution is -2.57. The Labute approximate surface area is 338 Å². The summed E-state index contributed by atoms with van der Waals surface area (Å²) in [6, 6.07) is 8.98. The standard InChI is InChI=1S/C40H45N5O12S/c1-7-17-45(32(48)19-41-38(52)54-5)40(4,8-2)37(51)57-22-31(47)29-16-15-28(33-34(29)58-23-42-33)25-11-13-26(14-12-25)30(46)21-56-36(50)27-10-9-18-44(20-27)35(49)24(3)43-39(53)55-6/h2,11-16,23-24,27H,7,9-10,17-22H2,1,3-6H3,(H,41,52)(H,43,53)/t24-,27?,40-/m0/s1. The van der Waals surface area contributed by atoms with Crippen molar-refractivity contribution in [1.82, 2.24) is 25.4 Å². The first-order valence-corrected chi connectivity index (χ1v) is 19.2. The maximum Gasteiger partial charge on any atom is 0.407 e. The number of fused-ring (bicyclic) bond motifs is 1. The van der Waals surface area contributed by atoms with Crippen molar-refractivity contribution in [3.8, 4) is 23.5 Å². The lowest BCUT2D eigenvalue weighted by atomic mass is 9.97. The highest BCUT2D eigenvalue weighted by Gasteiger charge is 2.42. The van der Waals surface area contributed by atoms with Gasteiger partial charge in [-0.15, -0.1) is 17.8 Å². The van der Waals surface area contributed by atoms with Crippen LogP contribution in [-0.4, -0.2) is 127 Å². The van der Waals surface area contributed by atoms with E-state index in [-0.39, 0.29) is 24.6 Å². The van der Waals surface area contributed by atoms with Gasteiger partial charge in [-0.1, -0.05) is 43.2 Å². The molecule has 0 aliphatic carbocycles. The Hall–Kier alpha value is -6.35. The van der Waals surface area contributed by atoms with Crippen molar-refractivity contribution in [3.63, 3.8) is 0 Å². The van der Waals surface area contributed by atoms with Crippen LogP contribution in [-0.2, 0) is 38.1 Å². The van der Waals surface area contributed by atoms with Gasteiger partial charge in [-0.05, 0) is 44.7 Å². The molecule has 58 heavy (non-hydrogen) atoms. The molecule has 1 aliphatic heterocycles. The number of hydrogen-bond acceptors (Lipinski definition) is 14. The van der Waals surface area contributed by atoms with E-state index < -0.39 is 78.9 Å². The molecule has 2 heterocycles. The SMILES string of the molecule is C#C[C@@](C)(C(=O)OCC(=O)c1ccc(-c2ccc(C(=O)COC(=O)C3CCCN(C(=O)[C@H](C)NC(=O)OC)C3)cc2)c2ncsc12)N(CCC)C(=O)CNC(=O)OC. The Bertz CT molecular complexity index is 2090. The summed E-state index contributed by atoms with van der Waals surface area (Å²) >= 11 is 1.21. The van der Waals surface area contributed by atoms with Crippen LogP contribution in [0.4, 0.5) is 9.59 Å². The van der Waals surface area contributed by atoms with Gasteiger partial charge in [0, 0.05) is 36.3 Å². The molecule has 1 fully saturated rings. The summed E-state index contributed by atoms with van der Waals surface area (Å²) in [7, 11) is 2.33. The van der Waals surface area contributed by atoms with E-state index in [1.807, 2.05) is 0 Å². The zero-order chi connectivity index (χ0) is 42.6. The first kappa shape index (κ1) is 44.4. The molecule has 1 aromatic heterocycles. The van der Waals surface area contributed by atoms with E-state index in [4.69, 9.17) is 15.9 Å². The Morgan fingerprint density at radius 3 is 2.34 bits per heavy atom. The number of amides is 4. The lowest BCUT2D eigenvalue weighted by molar-refractivity contribution is -0.158. The van der Waals surface area contributed by atoms with Crippen LogP contribution in [0.25, 0.3) is 21.3 Å². The zero-order valence-corrected chi connectivity index (χ0v) is 33.6. The second-order valence-corrected chi connectivity index (χ2v) is 14.2. The van der Waals surface area contributed by atoms with Crippen LogP contribution in [0.1, 0.15) is 60.7 Å². The van der Waals surface area contributed by atoms with Gasteiger partial charge in [0.2, 0.25) is 17.6 Å². The molecule has 2 N–H and O–H groups in total. The quantitative estimate of drug-likeness (QED) is 0.0919. The Morgan fingerprint density at radius 2 is 1.69 bits per heavy atom. The second kappa shape index (κ2) is 20.2. The minimum atomic E-state index is -1.88. The molecule has 4 rings (SSSR count). The number of Topliss-reactive ketones (excluding diaryl/α,β-unsaturated/α-hetero) is 2. The molecule has 3 atom stereocenters. The summed E-state index contributed by atoms with van der Waals surface area (Å²) in [5.41, 5.74) is 2.07. The number of alkyl carbamates (subject to hydrolysis) is 2. The molecule has 0 radical (unpaired) electrons. The Balaban J connectivity index is 1.37. The number of hydrogen-bond donors (Lipinski definition) is 2. The van der Waals surface area contributed by atoms with Crippen LogP contribution in [0.5, 0.6) is 0 Å². The number of carbonyl (C=O) groups is 8. The predicted octanol–water partition coefficient (Wildman–Crippen LogP) is 3.38. The molecule has 1 saturated heterocycles. The lowest BCUT2D eigenvalue weighted by Gasteiger charge is -2.35. The molecule has 2 aromatic carbocycles. The van der Waals surface area contributed by atoms with E-state index >= 15 is 0 Å². The maximum absolute atomic E-state index is 13.4. The number of carbonyl (C=O) groups excluding carboxylic acids is 8. The molecule has 18 heteroatoms. The molecular weight excluding hydrogens is 775 g/mol. The maximum atomic E-state index is 13.4. The predicted molar refractivity (Wildman–Crippen MR) is 210 cm³/mol. The van der Waals surface area contributed by atoms with Crippen LogP contribution >= 0.6 is 11.3 Å². The van der Waals surface area contributed by atoms with Crippen LogP contribution in [0.15, 0.2) is 41.9 Å². The average molecular weight is 820 g/mol. The molecule has 4 amide bonds. The number of nitrogens with one attached hydrogen (secondary N) is 2.